The van der Waals surface area contributed by atoms with Crippen molar-refractivity contribution in [2.75, 3.05) is 5.73 Å². The third-order valence-corrected chi connectivity index (χ3v) is 2.06. The maximum atomic E-state index is 5.63. The zero-order valence-corrected chi connectivity index (χ0v) is 9.04. The topological polar surface area (TPSA) is 121 Å². The summed E-state index contributed by atoms with van der Waals surface area (Å²) in [4.78, 5) is 24.0. The summed E-state index contributed by atoms with van der Waals surface area (Å²) in [6, 6.07) is 0. The molecule has 18 heavy (non-hydrogen) atoms. The molecule has 0 aliphatic heterocycles. The number of anilines is 1. The zero-order chi connectivity index (χ0) is 12.4. The first-order valence-electron chi connectivity index (χ1n) is 4.96. The van der Waals surface area contributed by atoms with Crippen molar-refractivity contribution in [3.63, 3.8) is 0 Å². The number of hydrogen-bond acceptors (Lipinski definition) is 8. The van der Waals surface area contributed by atoms with Crippen LogP contribution in [0, 0.1) is 0 Å². The quantitative estimate of drug-likeness (QED) is 0.636. The van der Waals surface area contributed by atoms with Crippen LogP contribution in [-0.2, 0) is 0 Å². The Balaban J connectivity index is 2.12. The number of rotatable bonds is 2. The molecule has 0 saturated carbocycles. The van der Waals surface area contributed by atoms with Gasteiger partial charge in [0, 0.05) is 12.4 Å². The van der Waals surface area contributed by atoms with Crippen LogP contribution in [0.5, 0.6) is 0 Å². The normalized spacial score (nSPS) is 10.4. The summed E-state index contributed by atoms with van der Waals surface area (Å²) in [7, 11) is 0. The lowest BCUT2D eigenvalue weighted by atomic mass is 10.4. The molecule has 3 rings (SSSR count). The van der Waals surface area contributed by atoms with E-state index in [0.29, 0.717) is 11.5 Å². The lowest BCUT2D eigenvalue weighted by molar-refractivity contribution is 0.798. The SMILES string of the molecule is Nc1nc(-c2cnccn2)nc(-n2cncn2)n1. The Bertz CT molecular complexity index is 649. The van der Waals surface area contributed by atoms with Crippen LogP contribution in [-0.4, -0.2) is 39.7 Å². The highest BCUT2D eigenvalue weighted by Crippen LogP contribution is 2.11. The first-order valence-corrected chi connectivity index (χ1v) is 4.96. The van der Waals surface area contributed by atoms with Crippen LogP contribution in [0.25, 0.3) is 17.5 Å². The van der Waals surface area contributed by atoms with Crippen molar-refractivity contribution in [1.82, 2.24) is 39.7 Å². The Labute approximate surface area is 101 Å². The molecule has 0 aromatic carbocycles. The Morgan fingerprint density at radius 2 is 2.00 bits per heavy atom. The molecule has 9 heteroatoms. The molecule has 0 aliphatic carbocycles. The lowest BCUT2D eigenvalue weighted by Crippen LogP contribution is -2.08. The molecular weight excluding hydrogens is 234 g/mol. The van der Waals surface area contributed by atoms with Gasteiger partial charge in [0.2, 0.25) is 5.95 Å². The van der Waals surface area contributed by atoms with Crippen molar-refractivity contribution in [3.05, 3.63) is 31.2 Å². The van der Waals surface area contributed by atoms with Gasteiger partial charge in [-0.2, -0.15) is 24.7 Å². The minimum atomic E-state index is 0.0798. The highest BCUT2D eigenvalue weighted by atomic mass is 15.4. The number of nitrogens with zero attached hydrogens (tertiary/aromatic N) is 8. The van der Waals surface area contributed by atoms with Gasteiger partial charge in [0.15, 0.2) is 5.82 Å². The average molecular weight is 241 g/mol. The minimum absolute atomic E-state index is 0.0798. The third-order valence-electron chi connectivity index (χ3n) is 2.06. The monoisotopic (exact) mass is 241 g/mol. The van der Waals surface area contributed by atoms with E-state index in [2.05, 4.69) is 35.0 Å². The van der Waals surface area contributed by atoms with E-state index in [1.54, 1.807) is 18.6 Å². The minimum Gasteiger partial charge on any atom is -0.368 e. The number of nitrogen functional groups attached to an aromatic ring is 1. The molecule has 0 bridgehead atoms. The highest BCUT2D eigenvalue weighted by Gasteiger charge is 2.09. The van der Waals surface area contributed by atoms with Crippen LogP contribution in [0.4, 0.5) is 5.95 Å². The van der Waals surface area contributed by atoms with Gasteiger partial charge in [-0.25, -0.2) is 9.97 Å². The summed E-state index contributed by atoms with van der Waals surface area (Å²) >= 11 is 0. The molecule has 88 valence electrons. The van der Waals surface area contributed by atoms with Crippen molar-refractivity contribution >= 4 is 5.95 Å². The van der Waals surface area contributed by atoms with Crippen LogP contribution in [0.3, 0.4) is 0 Å². The molecule has 0 atom stereocenters. The number of aromatic nitrogens is 8. The predicted molar refractivity (Wildman–Crippen MR) is 60.2 cm³/mol. The first kappa shape index (κ1) is 10.2. The van der Waals surface area contributed by atoms with Crippen molar-refractivity contribution < 1.29 is 0 Å². The molecule has 0 saturated heterocycles. The van der Waals surface area contributed by atoms with E-state index < -0.39 is 0 Å². The summed E-state index contributed by atoms with van der Waals surface area (Å²) in [6.07, 6.45) is 7.49. The lowest BCUT2D eigenvalue weighted by Gasteiger charge is -2.03. The third kappa shape index (κ3) is 1.84. The van der Waals surface area contributed by atoms with E-state index in [9.17, 15) is 0 Å². The summed E-state index contributed by atoms with van der Waals surface area (Å²) < 4.78 is 1.39. The Morgan fingerprint density at radius 1 is 1.06 bits per heavy atom. The van der Waals surface area contributed by atoms with Crippen molar-refractivity contribution in [1.29, 1.82) is 0 Å². The van der Waals surface area contributed by atoms with Gasteiger partial charge in [-0.15, -0.1) is 0 Å². The van der Waals surface area contributed by atoms with E-state index >= 15 is 0 Å². The van der Waals surface area contributed by atoms with Crippen LogP contribution in [0.1, 0.15) is 0 Å². The summed E-state index contributed by atoms with van der Waals surface area (Å²) in [6.45, 7) is 0. The molecule has 0 unspecified atom stereocenters. The van der Waals surface area contributed by atoms with Crippen LogP contribution in [0.15, 0.2) is 31.2 Å². The van der Waals surface area contributed by atoms with Crippen LogP contribution < -0.4 is 5.73 Å². The van der Waals surface area contributed by atoms with Gasteiger partial charge in [0.05, 0.1) is 6.20 Å². The Morgan fingerprint density at radius 3 is 2.72 bits per heavy atom. The van der Waals surface area contributed by atoms with Crippen LogP contribution in [0.2, 0.25) is 0 Å². The summed E-state index contributed by atoms with van der Waals surface area (Å²) in [5.74, 6) is 0.693. The first-order chi connectivity index (χ1) is 8.83. The molecule has 2 N–H and O–H groups in total. The second kappa shape index (κ2) is 4.13. The largest absolute Gasteiger partial charge is 0.368 e. The van der Waals surface area contributed by atoms with Crippen molar-refractivity contribution in [2.45, 2.75) is 0 Å². The second-order valence-electron chi connectivity index (χ2n) is 3.25. The Hall–Kier alpha value is -2.97. The summed E-state index contributed by atoms with van der Waals surface area (Å²) in [5.41, 5.74) is 6.14. The van der Waals surface area contributed by atoms with Gasteiger partial charge in [-0.1, -0.05) is 0 Å². The van der Waals surface area contributed by atoms with Crippen LogP contribution >= 0.6 is 0 Å². The molecule has 3 heterocycles. The van der Waals surface area contributed by atoms with E-state index in [1.165, 1.54) is 17.3 Å². The van der Waals surface area contributed by atoms with E-state index in [-0.39, 0.29) is 11.9 Å². The molecule has 3 aromatic heterocycles. The maximum absolute atomic E-state index is 5.63. The molecule has 0 spiro atoms. The fourth-order valence-electron chi connectivity index (χ4n) is 1.32. The fourth-order valence-corrected chi connectivity index (χ4v) is 1.32. The smallest absolute Gasteiger partial charge is 0.257 e. The Kier molecular flexibility index (Phi) is 2.34. The fraction of sp³-hybridized carbons (Fsp3) is 0. The van der Waals surface area contributed by atoms with Crippen molar-refractivity contribution in [3.8, 4) is 17.5 Å². The van der Waals surface area contributed by atoms with E-state index in [1.807, 2.05) is 0 Å². The standard InChI is InChI=1S/C9H7N9/c10-8-15-7(6-3-11-1-2-13-6)16-9(17-8)18-5-12-4-14-18/h1-5H,(H2,10,15,16,17). The van der Waals surface area contributed by atoms with Gasteiger partial charge in [0.25, 0.3) is 5.95 Å². The van der Waals surface area contributed by atoms with Gasteiger partial charge >= 0.3 is 0 Å². The molecule has 0 amide bonds. The molecule has 0 radical (unpaired) electrons. The molecule has 0 fully saturated rings. The number of nitrogens with two attached hydrogens (primary N) is 1. The molecule has 9 nitrogen and oxygen atoms in total. The van der Waals surface area contributed by atoms with Gasteiger partial charge < -0.3 is 5.73 Å². The second-order valence-corrected chi connectivity index (χ2v) is 3.25. The average Bonchev–Trinajstić information content (AvgIpc) is 2.93. The predicted octanol–water partition coefficient (Wildman–Crippen LogP) is -0.509. The number of hydrogen-bond donors (Lipinski definition) is 1. The van der Waals surface area contributed by atoms with Gasteiger partial charge in [0.1, 0.15) is 18.3 Å². The molecule has 0 aliphatic rings. The summed E-state index contributed by atoms with van der Waals surface area (Å²) in [5, 5.41) is 3.92. The van der Waals surface area contributed by atoms with Gasteiger partial charge in [-0.3, -0.25) is 4.98 Å². The molecule has 3 aromatic rings. The zero-order valence-electron chi connectivity index (χ0n) is 9.04. The van der Waals surface area contributed by atoms with E-state index in [4.69, 9.17) is 5.73 Å². The van der Waals surface area contributed by atoms with Gasteiger partial charge in [-0.05, 0) is 0 Å². The van der Waals surface area contributed by atoms with Crippen molar-refractivity contribution in [2.24, 2.45) is 0 Å². The maximum Gasteiger partial charge on any atom is 0.257 e. The van der Waals surface area contributed by atoms with E-state index in [0.717, 1.165) is 0 Å². The highest BCUT2D eigenvalue weighted by molar-refractivity contribution is 5.49. The molecular formula is C9H7N9.